The van der Waals surface area contributed by atoms with Gasteiger partial charge < -0.3 is 10.2 Å². The van der Waals surface area contributed by atoms with Crippen LogP contribution < -0.4 is 5.32 Å². The predicted octanol–water partition coefficient (Wildman–Crippen LogP) is 4.40. The molecule has 1 unspecified atom stereocenters. The summed E-state index contributed by atoms with van der Waals surface area (Å²) in [6, 6.07) is 4.01. The lowest BCUT2D eigenvalue weighted by Crippen LogP contribution is -2.51. The van der Waals surface area contributed by atoms with Gasteiger partial charge in [0, 0.05) is 6.54 Å². The van der Waals surface area contributed by atoms with Gasteiger partial charge >= 0.3 is 12.2 Å². The fourth-order valence-corrected chi connectivity index (χ4v) is 4.79. The average Bonchev–Trinajstić information content (AvgIpc) is 3.24. The predicted molar refractivity (Wildman–Crippen MR) is 117 cm³/mol. The van der Waals surface area contributed by atoms with Crippen molar-refractivity contribution in [2.75, 3.05) is 6.54 Å². The quantitative estimate of drug-likeness (QED) is 0.436. The Kier molecular flexibility index (Phi) is 6.37. The molecule has 186 valence electrons. The maximum atomic E-state index is 14.2. The lowest BCUT2D eigenvalue weighted by Gasteiger charge is -2.32. The van der Waals surface area contributed by atoms with Crippen molar-refractivity contribution < 1.29 is 36.3 Å². The number of rotatable bonds is 5. The summed E-state index contributed by atoms with van der Waals surface area (Å²) in [5.41, 5.74) is -0.483. The van der Waals surface area contributed by atoms with Crippen LogP contribution in [0.1, 0.15) is 30.0 Å². The van der Waals surface area contributed by atoms with E-state index < -0.39 is 60.3 Å². The molecule has 1 N–H and O–H groups in total. The van der Waals surface area contributed by atoms with Crippen LogP contribution >= 0.6 is 15.9 Å². The van der Waals surface area contributed by atoms with E-state index in [4.69, 9.17) is 0 Å². The Balaban J connectivity index is 1.60. The topological polar surface area (TPSA) is 69.7 Å². The molecule has 6 nitrogen and oxygen atoms in total. The highest BCUT2D eigenvalue weighted by molar-refractivity contribution is 9.10. The van der Waals surface area contributed by atoms with Gasteiger partial charge in [0.2, 0.25) is 5.91 Å². The Morgan fingerprint density at radius 1 is 1.20 bits per heavy atom. The number of nitrogens with one attached hydrogen (secondary N) is 1. The van der Waals surface area contributed by atoms with Crippen LogP contribution in [0.25, 0.3) is 0 Å². The van der Waals surface area contributed by atoms with Crippen LogP contribution in [-0.4, -0.2) is 46.4 Å². The lowest BCUT2D eigenvalue weighted by atomic mass is 9.91. The van der Waals surface area contributed by atoms with E-state index in [-0.39, 0.29) is 22.0 Å². The number of imide groups is 1. The average molecular weight is 560 g/mol. The van der Waals surface area contributed by atoms with Gasteiger partial charge in [-0.15, -0.1) is 0 Å². The van der Waals surface area contributed by atoms with Crippen LogP contribution in [0.15, 0.2) is 40.9 Å². The number of carbonyl (C=O) groups is 3. The monoisotopic (exact) mass is 559 g/mol. The molecular weight excluding hydrogens is 541 g/mol. The first kappa shape index (κ1) is 25.1. The largest absolute Gasteiger partial charge is 0.408 e. The molecule has 2 aromatic rings. The number of fused-ring (bicyclic) bond motifs is 2. The number of hydrogen-bond donors (Lipinski definition) is 1. The first-order valence-electron chi connectivity index (χ1n) is 10.6. The minimum atomic E-state index is -4.79. The number of hydrogen-bond acceptors (Lipinski definition) is 3. The normalized spacial score (nSPS) is 20.3. The van der Waals surface area contributed by atoms with Crippen molar-refractivity contribution in [2.24, 2.45) is 0 Å². The van der Waals surface area contributed by atoms with E-state index in [2.05, 4.69) is 21.2 Å². The Morgan fingerprint density at radius 2 is 1.86 bits per heavy atom. The van der Waals surface area contributed by atoms with Crippen LogP contribution in [0.3, 0.4) is 0 Å². The van der Waals surface area contributed by atoms with E-state index in [0.717, 1.165) is 25.1 Å². The summed E-state index contributed by atoms with van der Waals surface area (Å²) in [5.74, 6) is -3.20. The summed E-state index contributed by atoms with van der Waals surface area (Å²) in [6.45, 7) is -0.679. The van der Waals surface area contributed by atoms with Gasteiger partial charge in [0.15, 0.2) is 0 Å². The van der Waals surface area contributed by atoms with Crippen molar-refractivity contribution in [3.8, 4) is 0 Å². The molecule has 35 heavy (non-hydrogen) atoms. The Labute approximate surface area is 205 Å². The SMILES string of the molecule is C[C@H](N(Cc1ccc(F)cc1)C(=O)CN1C(=O)NC2(CCc3cc(Br)c(F)cc32)C1=O)C(F)(F)F. The summed E-state index contributed by atoms with van der Waals surface area (Å²) < 4.78 is 68.2. The smallest absolute Gasteiger partial charge is 0.325 e. The molecule has 1 heterocycles. The summed E-state index contributed by atoms with van der Waals surface area (Å²) in [4.78, 5) is 40.0. The van der Waals surface area contributed by atoms with Gasteiger partial charge in [0.25, 0.3) is 5.91 Å². The van der Waals surface area contributed by atoms with Crippen LogP contribution in [-0.2, 0) is 28.1 Å². The Morgan fingerprint density at radius 3 is 2.49 bits per heavy atom. The second-order valence-corrected chi connectivity index (χ2v) is 9.37. The van der Waals surface area contributed by atoms with E-state index >= 15 is 0 Å². The van der Waals surface area contributed by atoms with Crippen molar-refractivity contribution in [1.29, 1.82) is 0 Å². The van der Waals surface area contributed by atoms with Crippen LogP contribution in [0.5, 0.6) is 0 Å². The fourth-order valence-electron chi connectivity index (χ4n) is 4.40. The molecule has 1 aliphatic heterocycles. The lowest BCUT2D eigenvalue weighted by molar-refractivity contribution is -0.187. The van der Waals surface area contributed by atoms with Crippen LogP contribution in [0.4, 0.5) is 26.7 Å². The van der Waals surface area contributed by atoms with E-state index in [0.29, 0.717) is 21.8 Å². The highest BCUT2D eigenvalue weighted by Crippen LogP contribution is 2.43. The highest BCUT2D eigenvalue weighted by Gasteiger charge is 2.56. The van der Waals surface area contributed by atoms with Crippen molar-refractivity contribution in [2.45, 2.75) is 44.1 Å². The summed E-state index contributed by atoms with van der Waals surface area (Å²) in [6.07, 6.45) is -4.32. The van der Waals surface area contributed by atoms with E-state index in [1.807, 2.05) is 0 Å². The number of alkyl halides is 3. The van der Waals surface area contributed by atoms with Gasteiger partial charge in [-0.3, -0.25) is 14.5 Å². The first-order valence-corrected chi connectivity index (χ1v) is 11.4. The second-order valence-electron chi connectivity index (χ2n) is 8.52. The minimum absolute atomic E-state index is 0.117. The molecule has 1 spiro atoms. The second kappa shape index (κ2) is 8.89. The molecule has 4 amide bonds. The van der Waals surface area contributed by atoms with E-state index in [1.165, 1.54) is 18.2 Å². The molecule has 1 fully saturated rings. The number of amides is 4. The van der Waals surface area contributed by atoms with Crippen molar-refractivity contribution >= 4 is 33.8 Å². The molecule has 2 atom stereocenters. The van der Waals surface area contributed by atoms with Gasteiger partial charge in [-0.2, -0.15) is 13.2 Å². The van der Waals surface area contributed by atoms with Crippen LogP contribution in [0.2, 0.25) is 0 Å². The zero-order chi connectivity index (χ0) is 25.7. The van der Waals surface area contributed by atoms with Gasteiger partial charge in [-0.1, -0.05) is 12.1 Å². The molecule has 2 aliphatic rings. The van der Waals surface area contributed by atoms with E-state index in [1.54, 1.807) is 0 Å². The number of nitrogens with zero attached hydrogens (tertiary/aromatic N) is 2. The van der Waals surface area contributed by atoms with Crippen molar-refractivity contribution in [3.05, 3.63) is 69.2 Å². The molecule has 2 aromatic carbocycles. The molecular formula is C23H19BrF5N3O3. The first-order chi connectivity index (χ1) is 16.3. The Hall–Kier alpha value is -3.02. The van der Waals surface area contributed by atoms with Gasteiger partial charge in [-0.25, -0.2) is 13.6 Å². The van der Waals surface area contributed by atoms with Crippen molar-refractivity contribution in [3.63, 3.8) is 0 Å². The van der Waals surface area contributed by atoms with E-state index in [9.17, 15) is 36.3 Å². The maximum absolute atomic E-state index is 14.2. The molecule has 0 radical (unpaired) electrons. The molecule has 0 saturated carbocycles. The minimum Gasteiger partial charge on any atom is -0.325 e. The molecule has 12 heteroatoms. The number of carbonyl (C=O) groups excluding carboxylic acids is 3. The third-order valence-electron chi connectivity index (χ3n) is 6.37. The summed E-state index contributed by atoms with van der Waals surface area (Å²) >= 11 is 3.07. The van der Waals surface area contributed by atoms with Crippen molar-refractivity contribution in [1.82, 2.24) is 15.1 Å². The maximum Gasteiger partial charge on any atom is 0.408 e. The number of benzene rings is 2. The molecule has 4 rings (SSSR count). The zero-order valence-electron chi connectivity index (χ0n) is 18.3. The summed E-state index contributed by atoms with van der Waals surface area (Å²) in [7, 11) is 0. The molecule has 0 aromatic heterocycles. The van der Waals surface area contributed by atoms with Crippen LogP contribution in [0, 0.1) is 11.6 Å². The highest BCUT2D eigenvalue weighted by atomic mass is 79.9. The summed E-state index contributed by atoms with van der Waals surface area (Å²) in [5, 5.41) is 2.51. The number of aryl methyl sites for hydroxylation is 1. The molecule has 1 saturated heterocycles. The third-order valence-corrected chi connectivity index (χ3v) is 6.98. The molecule has 1 aliphatic carbocycles. The fraction of sp³-hybridized carbons (Fsp3) is 0.348. The number of urea groups is 1. The standard InChI is InChI=1S/C23H19BrF5N3O3/c1-12(23(27,28)29)31(10-13-2-4-15(25)5-3-13)19(33)11-32-20(34)22(30-21(32)35)7-6-14-8-17(24)18(26)9-16(14)22/h2-5,8-9,12H,6-7,10-11H2,1H3,(H,30,35)/t12-,22?/m0/s1. The Bertz CT molecular complexity index is 1200. The molecule has 0 bridgehead atoms. The third kappa shape index (κ3) is 4.51. The zero-order valence-corrected chi connectivity index (χ0v) is 19.8. The van der Waals surface area contributed by atoms with Gasteiger partial charge in [0.1, 0.15) is 29.8 Å². The number of halogens is 6. The van der Waals surface area contributed by atoms with Gasteiger partial charge in [0.05, 0.1) is 4.47 Å². The van der Waals surface area contributed by atoms with Gasteiger partial charge in [-0.05, 0) is 76.7 Å².